The van der Waals surface area contributed by atoms with Gasteiger partial charge in [0.25, 0.3) is 11.8 Å². The van der Waals surface area contributed by atoms with E-state index in [0.717, 1.165) is 0 Å². The Morgan fingerprint density at radius 1 is 0.786 bits per heavy atom. The van der Waals surface area contributed by atoms with E-state index in [-0.39, 0.29) is 18.6 Å². The number of nitrogens with one attached hydrogen (secondary N) is 2. The number of benzene rings is 3. The standard InChI is InChI=1S/C21H15BrN2O4/c22-16-7-3-1-5-14(16)20(25)24-17-8-4-2-6-15(17)21(26)23-13-9-10-18-19(11-13)28-12-27-18/h1-11H,12H2,(H,23,26)(H,24,25). The van der Waals surface area contributed by atoms with Gasteiger partial charge in [0, 0.05) is 16.2 Å². The number of rotatable bonds is 4. The Morgan fingerprint density at radius 2 is 1.46 bits per heavy atom. The van der Waals surface area contributed by atoms with Crippen LogP contribution in [0.15, 0.2) is 71.2 Å². The second-order valence-corrected chi connectivity index (χ2v) is 6.86. The molecule has 4 rings (SSSR count). The van der Waals surface area contributed by atoms with Crippen LogP contribution in [-0.4, -0.2) is 18.6 Å². The maximum atomic E-state index is 12.8. The predicted octanol–water partition coefficient (Wildman–Crippen LogP) is 4.68. The summed E-state index contributed by atoms with van der Waals surface area (Å²) in [4.78, 5) is 25.4. The van der Waals surface area contributed by atoms with Gasteiger partial charge in [-0.1, -0.05) is 24.3 Å². The summed E-state index contributed by atoms with van der Waals surface area (Å²) in [5.74, 6) is 0.560. The van der Waals surface area contributed by atoms with Gasteiger partial charge < -0.3 is 20.1 Å². The van der Waals surface area contributed by atoms with Crippen molar-refractivity contribution in [3.05, 3.63) is 82.3 Å². The number of fused-ring (bicyclic) bond motifs is 1. The first-order chi connectivity index (χ1) is 13.6. The van der Waals surface area contributed by atoms with E-state index in [1.54, 1.807) is 60.7 Å². The molecular formula is C21H15BrN2O4. The van der Waals surface area contributed by atoms with Gasteiger partial charge in [0.05, 0.1) is 16.8 Å². The molecule has 0 bridgehead atoms. The molecule has 0 fully saturated rings. The van der Waals surface area contributed by atoms with Crippen molar-refractivity contribution in [2.45, 2.75) is 0 Å². The maximum Gasteiger partial charge on any atom is 0.257 e. The Balaban J connectivity index is 1.55. The summed E-state index contributed by atoms with van der Waals surface area (Å²) in [7, 11) is 0. The van der Waals surface area contributed by atoms with Crippen LogP contribution >= 0.6 is 15.9 Å². The number of anilines is 2. The first-order valence-electron chi connectivity index (χ1n) is 8.48. The quantitative estimate of drug-likeness (QED) is 0.619. The van der Waals surface area contributed by atoms with Gasteiger partial charge in [0.1, 0.15) is 0 Å². The van der Waals surface area contributed by atoms with Gasteiger partial charge in [0.15, 0.2) is 11.5 Å². The lowest BCUT2D eigenvalue weighted by atomic mass is 10.1. The van der Waals surface area contributed by atoms with Crippen LogP contribution in [0.25, 0.3) is 0 Å². The minimum absolute atomic E-state index is 0.163. The second-order valence-electron chi connectivity index (χ2n) is 6.00. The zero-order valence-corrected chi connectivity index (χ0v) is 16.2. The zero-order valence-electron chi connectivity index (χ0n) is 14.6. The lowest BCUT2D eigenvalue weighted by Crippen LogP contribution is -2.18. The molecule has 3 aromatic carbocycles. The largest absolute Gasteiger partial charge is 0.454 e. The lowest BCUT2D eigenvalue weighted by molar-refractivity contribution is 0.102. The lowest BCUT2D eigenvalue weighted by Gasteiger charge is -2.12. The predicted molar refractivity (Wildman–Crippen MR) is 109 cm³/mol. The highest BCUT2D eigenvalue weighted by Gasteiger charge is 2.17. The molecule has 7 heteroatoms. The highest BCUT2D eigenvalue weighted by molar-refractivity contribution is 9.10. The molecule has 3 aromatic rings. The van der Waals surface area contributed by atoms with Crippen LogP contribution < -0.4 is 20.1 Å². The van der Waals surface area contributed by atoms with E-state index in [1.165, 1.54) is 0 Å². The molecule has 1 aliphatic heterocycles. The summed E-state index contributed by atoms with van der Waals surface area (Å²) < 4.78 is 11.3. The first-order valence-corrected chi connectivity index (χ1v) is 9.27. The Morgan fingerprint density at radius 3 is 2.29 bits per heavy atom. The molecule has 140 valence electrons. The van der Waals surface area contributed by atoms with Gasteiger partial charge in [-0.2, -0.15) is 0 Å². The normalized spacial score (nSPS) is 11.8. The highest BCUT2D eigenvalue weighted by Crippen LogP contribution is 2.34. The number of hydrogen-bond donors (Lipinski definition) is 2. The number of carbonyl (C=O) groups excluding carboxylic acids is 2. The summed E-state index contributed by atoms with van der Waals surface area (Å²) in [5.41, 5.74) is 1.82. The molecule has 0 unspecified atom stereocenters. The summed E-state index contributed by atoms with van der Waals surface area (Å²) in [6.45, 7) is 0.163. The fourth-order valence-corrected chi connectivity index (χ4v) is 3.26. The number of amides is 2. The van der Waals surface area contributed by atoms with Crippen LogP contribution in [0.2, 0.25) is 0 Å². The van der Waals surface area contributed by atoms with E-state index >= 15 is 0 Å². The zero-order chi connectivity index (χ0) is 19.5. The molecule has 0 saturated heterocycles. The molecule has 1 heterocycles. The minimum Gasteiger partial charge on any atom is -0.454 e. The smallest absolute Gasteiger partial charge is 0.257 e. The highest BCUT2D eigenvalue weighted by atomic mass is 79.9. The van der Waals surface area contributed by atoms with Crippen LogP contribution in [0.5, 0.6) is 11.5 Å². The third-order valence-electron chi connectivity index (χ3n) is 4.17. The Hall–Kier alpha value is -3.32. The minimum atomic E-state index is -0.345. The van der Waals surface area contributed by atoms with Crippen LogP contribution in [0.3, 0.4) is 0 Å². The Labute approximate surface area is 169 Å². The van der Waals surface area contributed by atoms with Crippen molar-refractivity contribution < 1.29 is 19.1 Å². The van der Waals surface area contributed by atoms with Gasteiger partial charge in [-0.25, -0.2) is 0 Å². The molecule has 0 spiro atoms. The Kier molecular flexibility index (Phi) is 4.99. The fourth-order valence-electron chi connectivity index (χ4n) is 2.80. The molecule has 0 radical (unpaired) electrons. The van der Waals surface area contributed by atoms with Crippen molar-refractivity contribution in [2.75, 3.05) is 17.4 Å². The topological polar surface area (TPSA) is 76.7 Å². The van der Waals surface area contributed by atoms with Crippen LogP contribution in [-0.2, 0) is 0 Å². The van der Waals surface area contributed by atoms with Gasteiger partial charge in [0.2, 0.25) is 6.79 Å². The molecular weight excluding hydrogens is 424 g/mol. The molecule has 6 nitrogen and oxygen atoms in total. The van der Waals surface area contributed by atoms with Gasteiger partial charge in [-0.15, -0.1) is 0 Å². The molecule has 28 heavy (non-hydrogen) atoms. The van der Waals surface area contributed by atoms with E-state index in [4.69, 9.17) is 9.47 Å². The van der Waals surface area contributed by atoms with E-state index in [9.17, 15) is 9.59 Å². The monoisotopic (exact) mass is 438 g/mol. The summed E-state index contributed by atoms with van der Waals surface area (Å²) in [5, 5.41) is 5.62. The molecule has 2 amide bonds. The molecule has 0 atom stereocenters. The van der Waals surface area contributed by atoms with Crippen LogP contribution in [0, 0.1) is 0 Å². The molecule has 0 aliphatic carbocycles. The number of ether oxygens (including phenoxy) is 2. The molecule has 1 aliphatic rings. The summed E-state index contributed by atoms with van der Waals surface area (Å²) >= 11 is 3.36. The van der Waals surface area contributed by atoms with E-state index in [2.05, 4.69) is 26.6 Å². The van der Waals surface area contributed by atoms with Crippen molar-refractivity contribution in [1.82, 2.24) is 0 Å². The average Bonchev–Trinajstić information content (AvgIpc) is 3.16. The number of halogens is 1. The third-order valence-corrected chi connectivity index (χ3v) is 4.86. The van der Waals surface area contributed by atoms with Gasteiger partial charge in [-0.05, 0) is 52.3 Å². The molecule has 2 N–H and O–H groups in total. The van der Waals surface area contributed by atoms with Crippen LogP contribution in [0.4, 0.5) is 11.4 Å². The number of carbonyl (C=O) groups is 2. The van der Waals surface area contributed by atoms with E-state index in [0.29, 0.717) is 38.5 Å². The first kappa shape index (κ1) is 18.1. The van der Waals surface area contributed by atoms with Crippen molar-refractivity contribution in [3.8, 4) is 11.5 Å². The van der Waals surface area contributed by atoms with Crippen molar-refractivity contribution in [3.63, 3.8) is 0 Å². The number of hydrogen-bond acceptors (Lipinski definition) is 4. The summed E-state index contributed by atoms with van der Waals surface area (Å²) in [6, 6.07) is 19.1. The van der Waals surface area contributed by atoms with Crippen molar-refractivity contribution in [1.29, 1.82) is 0 Å². The molecule has 0 aromatic heterocycles. The third kappa shape index (κ3) is 3.70. The van der Waals surface area contributed by atoms with E-state index in [1.807, 2.05) is 6.07 Å². The van der Waals surface area contributed by atoms with Crippen LogP contribution in [0.1, 0.15) is 20.7 Å². The molecule has 0 saturated carbocycles. The maximum absolute atomic E-state index is 12.8. The fraction of sp³-hybridized carbons (Fsp3) is 0.0476. The Bertz CT molecular complexity index is 1070. The van der Waals surface area contributed by atoms with Gasteiger partial charge >= 0.3 is 0 Å². The van der Waals surface area contributed by atoms with Crippen molar-refractivity contribution in [2.24, 2.45) is 0 Å². The van der Waals surface area contributed by atoms with E-state index < -0.39 is 0 Å². The number of para-hydroxylation sites is 1. The summed E-state index contributed by atoms with van der Waals surface area (Å²) in [6.07, 6.45) is 0. The SMILES string of the molecule is O=C(Nc1ccccc1C(=O)Nc1ccc2c(c1)OCO2)c1ccccc1Br. The second kappa shape index (κ2) is 7.74. The average molecular weight is 439 g/mol. The van der Waals surface area contributed by atoms with Crippen molar-refractivity contribution >= 4 is 39.1 Å². The van der Waals surface area contributed by atoms with Gasteiger partial charge in [-0.3, -0.25) is 9.59 Å².